The molecule has 0 aliphatic carbocycles. The first-order chi connectivity index (χ1) is 11.2. The number of nitrogens with zero attached hydrogens (tertiary/aromatic N) is 4. The molecule has 2 aliphatic heterocycles. The van der Waals surface area contributed by atoms with Crippen LogP contribution in [0.1, 0.15) is 36.2 Å². The van der Waals surface area contributed by atoms with Crippen molar-refractivity contribution in [2.75, 3.05) is 6.54 Å². The molecule has 0 radical (unpaired) electrons. The lowest BCUT2D eigenvalue weighted by Crippen LogP contribution is -2.34. The Kier molecular flexibility index (Phi) is 3.49. The summed E-state index contributed by atoms with van der Waals surface area (Å²) in [5.41, 5.74) is 1.04. The normalized spacial score (nSPS) is 23.6. The maximum Gasteiger partial charge on any atom is 0.345 e. The van der Waals surface area contributed by atoms with Gasteiger partial charge < -0.3 is 9.32 Å². The second-order valence-corrected chi connectivity index (χ2v) is 5.93. The first-order valence-corrected chi connectivity index (χ1v) is 7.79. The predicted octanol–water partition coefficient (Wildman–Crippen LogP) is 2.45. The number of rotatable bonds is 4. The molecular formula is C16H18N4O3. The molecule has 2 atom stereocenters. The molecule has 4 rings (SSSR count). The van der Waals surface area contributed by atoms with E-state index in [1.165, 1.54) is 5.06 Å². The van der Waals surface area contributed by atoms with E-state index in [1.54, 1.807) is 11.8 Å². The van der Waals surface area contributed by atoms with Crippen LogP contribution in [0.2, 0.25) is 0 Å². The molecule has 0 saturated carbocycles. The first kappa shape index (κ1) is 14.2. The maximum absolute atomic E-state index is 12.6. The van der Waals surface area contributed by atoms with Gasteiger partial charge in [-0.05, 0) is 18.4 Å². The van der Waals surface area contributed by atoms with Gasteiger partial charge in [-0.3, -0.25) is 4.84 Å². The van der Waals surface area contributed by atoms with Crippen LogP contribution in [0.25, 0.3) is 0 Å². The van der Waals surface area contributed by atoms with Gasteiger partial charge in [0.15, 0.2) is 0 Å². The van der Waals surface area contributed by atoms with Gasteiger partial charge in [0, 0.05) is 13.5 Å². The van der Waals surface area contributed by atoms with E-state index >= 15 is 0 Å². The summed E-state index contributed by atoms with van der Waals surface area (Å²) in [6.07, 6.45) is 1.67. The standard InChI is InChI=1S/C16H18N4O3/c1-11-17-18-15(23-11)14-8-7-13-9-19(14)16(21)20(13)22-10-12-5-3-2-4-6-12/h2-6,13-14H,7-10H2,1H3/t13-,14+/m0/s1. The van der Waals surface area contributed by atoms with Crippen LogP contribution in [-0.4, -0.2) is 38.8 Å². The Balaban J connectivity index is 1.47. The summed E-state index contributed by atoms with van der Waals surface area (Å²) in [5.74, 6) is 1.03. The van der Waals surface area contributed by atoms with Gasteiger partial charge in [-0.15, -0.1) is 10.2 Å². The number of carbonyl (C=O) groups is 1. The summed E-state index contributed by atoms with van der Waals surface area (Å²) >= 11 is 0. The topological polar surface area (TPSA) is 71.7 Å². The molecule has 3 heterocycles. The van der Waals surface area contributed by atoms with Crippen LogP contribution in [0.5, 0.6) is 0 Å². The highest BCUT2D eigenvalue weighted by Crippen LogP contribution is 2.38. The van der Waals surface area contributed by atoms with E-state index in [0.29, 0.717) is 24.9 Å². The number of aryl methyl sites for hydroxylation is 1. The Bertz CT molecular complexity index is 702. The number of benzene rings is 1. The fourth-order valence-corrected chi connectivity index (χ4v) is 3.22. The minimum Gasteiger partial charge on any atom is -0.423 e. The summed E-state index contributed by atoms with van der Waals surface area (Å²) < 4.78 is 5.51. The zero-order valence-electron chi connectivity index (χ0n) is 12.9. The summed E-state index contributed by atoms with van der Waals surface area (Å²) in [6.45, 7) is 2.78. The van der Waals surface area contributed by atoms with Gasteiger partial charge in [0.05, 0.1) is 6.04 Å². The molecule has 7 heteroatoms. The molecule has 0 spiro atoms. The molecule has 2 aromatic rings. The van der Waals surface area contributed by atoms with Gasteiger partial charge in [0.1, 0.15) is 12.6 Å². The van der Waals surface area contributed by atoms with Gasteiger partial charge in [0.2, 0.25) is 11.8 Å². The molecule has 7 nitrogen and oxygen atoms in total. The van der Waals surface area contributed by atoms with Gasteiger partial charge >= 0.3 is 6.03 Å². The van der Waals surface area contributed by atoms with E-state index in [9.17, 15) is 4.79 Å². The van der Waals surface area contributed by atoms with Crippen molar-refractivity contribution < 1.29 is 14.0 Å². The van der Waals surface area contributed by atoms with E-state index in [0.717, 1.165) is 18.4 Å². The van der Waals surface area contributed by atoms with E-state index in [-0.39, 0.29) is 18.1 Å². The highest BCUT2D eigenvalue weighted by molar-refractivity contribution is 5.77. The largest absolute Gasteiger partial charge is 0.423 e. The summed E-state index contributed by atoms with van der Waals surface area (Å²) in [7, 11) is 0. The monoisotopic (exact) mass is 314 g/mol. The quantitative estimate of drug-likeness (QED) is 0.867. The molecule has 0 N–H and O–H groups in total. The zero-order chi connectivity index (χ0) is 15.8. The molecule has 23 heavy (non-hydrogen) atoms. The van der Waals surface area contributed by atoms with Crippen molar-refractivity contribution in [1.82, 2.24) is 20.2 Å². The number of amides is 2. The number of piperidine rings is 1. The molecule has 1 aromatic carbocycles. The third-order valence-electron chi connectivity index (χ3n) is 4.36. The van der Waals surface area contributed by atoms with Crippen molar-refractivity contribution in [2.45, 2.75) is 38.5 Å². The SMILES string of the molecule is Cc1nnc([C@H]2CC[C@H]3CN2C(=O)N3OCc2ccccc2)o1. The van der Waals surface area contributed by atoms with Crippen molar-refractivity contribution in [3.8, 4) is 0 Å². The van der Waals surface area contributed by atoms with Crippen molar-refractivity contribution >= 4 is 6.03 Å². The predicted molar refractivity (Wildman–Crippen MR) is 80.0 cm³/mol. The summed E-state index contributed by atoms with van der Waals surface area (Å²) in [6, 6.07) is 9.66. The van der Waals surface area contributed by atoms with E-state index < -0.39 is 0 Å². The third-order valence-corrected chi connectivity index (χ3v) is 4.36. The van der Waals surface area contributed by atoms with Gasteiger partial charge in [-0.1, -0.05) is 30.3 Å². The highest BCUT2D eigenvalue weighted by Gasteiger charge is 2.47. The minimum absolute atomic E-state index is 0.0893. The van der Waals surface area contributed by atoms with Crippen LogP contribution >= 0.6 is 0 Å². The Hall–Kier alpha value is -2.41. The Labute approximate surface area is 133 Å². The molecule has 0 unspecified atom stereocenters. The van der Waals surface area contributed by atoms with Crippen LogP contribution in [0.15, 0.2) is 34.7 Å². The molecule has 2 fully saturated rings. The summed E-state index contributed by atoms with van der Waals surface area (Å²) in [4.78, 5) is 20.2. The van der Waals surface area contributed by atoms with Crippen LogP contribution in [0.3, 0.4) is 0 Å². The second kappa shape index (κ2) is 5.66. The lowest BCUT2D eigenvalue weighted by molar-refractivity contribution is -0.140. The molecule has 2 bridgehead atoms. The van der Waals surface area contributed by atoms with Crippen LogP contribution in [0.4, 0.5) is 4.79 Å². The molecule has 2 amide bonds. The molecule has 2 aliphatic rings. The number of urea groups is 1. The van der Waals surface area contributed by atoms with Crippen LogP contribution in [-0.2, 0) is 11.4 Å². The molecular weight excluding hydrogens is 296 g/mol. The Morgan fingerprint density at radius 2 is 2.09 bits per heavy atom. The second-order valence-electron chi connectivity index (χ2n) is 5.93. The zero-order valence-corrected chi connectivity index (χ0v) is 12.9. The lowest BCUT2D eigenvalue weighted by atomic mass is 10.0. The fraction of sp³-hybridized carbons (Fsp3) is 0.438. The smallest absolute Gasteiger partial charge is 0.345 e. The summed E-state index contributed by atoms with van der Waals surface area (Å²) in [5, 5.41) is 9.44. The number of fused-ring (bicyclic) bond motifs is 2. The third kappa shape index (κ3) is 2.57. The average Bonchev–Trinajstić information content (AvgIpc) is 3.11. The molecule has 2 saturated heterocycles. The highest BCUT2D eigenvalue weighted by atomic mass is 16.7. The van der Waals surface area contributed by atoms with E-state index in [1.807, 2.05) is 30.3 Å². The van der Waals surface area contributed by atoms with E-state index in [4.69, 9.17) is 9.25 Å². The lowest BCUT2D eigenvalue weighted by Gasteiger charge is -2.27. The number of carbonyl (C=O) groups excluding carboxylic acids is 1. The van der Waals surface area contributed by atoms with Gasteiger partial charge in [0.25, 0.3) is 0 Å². The van der Waals surface area contributed by atoms with Gasteiger partial charge in [-0.25, -0.2) is 4.79 Å². The first-order valence-electron chi connectivity index (χ1n) is 7.79. The molecule has 120 valence electrons. The Morgan fingerprint density at radius 1 is 1.26 bits per heavy atom. The van der Waals surface area contributed by atoms with Crippen molar-refractivity contribution in [2.24, 2.45) is 0 Å². The Morgan fingerprint density at radius 3 is 2.83 bits per heavy atom. The number of hydrogen-bond donors (Lipinski definition) is 0. The molecule has 1 aromatic heterocycles. The van der Waals surface area contributed by atoms with E-state index in [2.05, 4.69) is 10.2 Å². The maximum atomic E-state index is 12.6. The number of hydroxylamine groups is 2. The van der Waals surface area contributed by atoms with Crippen LogP contribution in [0, 0.1) is 6.92 Å². The average molecular weight is 314 g/mol. The minimum atomic E-state index is -0.148. The van der Waals surface area contributed by atoms with Crippen molar-refractivity contribution in [1.29, 1.82) is 0 Å². The van der Waals surface area contributed by atoms with Crippen molar-refractivity contribution in [3.05, 3.63) is 47.7 Å². The van der Waals surface area contributed by atoms with Crippen LogP contribution < -0.4 is 0 Å². The van der Waals surface area contributed by atoms with Crippen molar-refractivity contribution in [3.63, 3.8) is 0 Å². The number of aromatic nitrogens is 2. The fourth-order valence-electron chi connectivity index (χ4n) is 3.22. The number of hydrogen-bond acceptors (Lipinski definition) is 5. The van der Waals surface area contributed by atoms with Gasteiger partial charge in [-0.2, -0.15) is 5.06 Å².